The second kappa shape index (κ2) is 9.46. The molecule has 1 aliphatic heterocycles. The summed E-state index contributed by atoms with van der Waals surface area (Å²) in [6, 6.07) is 4.40. The zero-order chi connectivity index (χ0) is 18.2. The minimum atomic E-state index is 0.439. The summed E-state index contributed by atoms with van der Waals surface area (Å²) >= 11 is 0. The number of nitrogens with zero attached hydrogens (tertiary/aromatic N) is 4. The molecule has 26 heavy (non-hydrogen) atoms. The number of piperidine rings is 1. The fraction of sp³-hybridized carbons (Fsp3) is 0.600. The van der Waals surface area contributed by atoms with E-state index in [1.54, 1.807) is 6.26 Å². The molecule has 0 amide bonds. The monoisotopic (exact) mass is 357 g/mol. The molecular formula is C20H31N5O. The summed E-state index contributed by atoms with van der Waals surface area (Å²) in [5.41, 5.74) is 0. The summed E-state index contributed by atoms with van der Waals surface area (Å²) in [6.45, 7) is 8.26. The maximum absolute atomic E-state index is 5.44. The van der Waals surface area contributed by atoms with E-state index < -0.39 is 0 Å². The van der Waals surface area contributed by atoms with Crippen LogP contribution in [0.25, 0.3) is 0 Å². The van der Waals surface area contributed by atoms with Crippen molar-refractivity contribution >= 4 is 5.96 Å². The Morgan fingerprint density at radius 2 is 2.38 bits per heavy atom. The molecule has 6 heteroatoms. The molecule has 0 saturated carbocycles. The molecule has 2 atom stereocenters. The van der Waals surface area contributed by atoms with Crippen LogP contribution in [0.1, 0.15) is 44.9 Å². The van der Waals surface area contributed by atoms with Crippen molar-refractivity contribution in [2.24, 2.45) is 10.9 Å². The number of aromatic nitrogens is 2. The molecule has 0 spiro atoms. The van der Waals surface area contributed by atoms with Crippen LogP contribution in [0.3, 0.4) is 0 Å². The van der Waals surface area contributed by atoms with Crippen LogP contribution in [0, 0.1) is 5.92 Å². The minimum Gasteiger partial charge on any atom is -0.469 e. The highest BCUT2D eigenvalue weighted by atomic mass is 16.3. The molecular weight excluding hydrogens is 326 g/mol. The molecule has 3 rings (SSSR count). The number of hydrogen-bond donors (Lipinski definition) is 1. The van der Waals surface area contributed by atoms with Gasteiger partial charge in [0.05, 0.1) is 18.6 Å². The average Bonchev–Trinajstić information content (AvgIpc) is 3.35. The molecule has 6 nitrogen and oxygen atoms in total. The summed E-state index contributed by atoms with van der Waals surface area (Å²) in [5, 5.41) is 3.56. The lowest BCUT2D eigenvalue weighted by molar-refractivity contribution is 0.189. The van der Waals surface area contributed by atoms with Gasteiger partial charge in [-0.25, -0.2) is 4.98 Å². The summed E-state index contributed by atoms with van der Waals surface area (Å²) < 4.78 is 7.68. The van der Waals surface area contributed by atoms with Crippen molar-refractivity contribution in [1.29, 1.82) is 0 Å². The van der Waals surface area contributed by atoms with Crippen LogP contribution in [0.4, 0.5) is 0 Å². The molecule has 0 bridgehead atoms. The fourth-order valence-corrected chi connectivity index (χ4v) is 3.46. The highest BCUT2D eigenvalue weighted by Gasteiger charge is 2.28. The van der Waals surface area contributed by atoms with E-state index in [2.05, 4.69) is 39.8 Å². The van der Waals surface area contributed by atoms with Crippen molar-refractivity contribution in [2.75, 3.05) is 26.2 Å². The maximum atomic E-state index is 5.44. The van der Waals surface area contributed by atoms with Gasteiger partial charge in [-0.05, 0) is 30.9 Å². The first-order valence-corrected chi connectivity index (χ1v) is 9.81. The van der Waals surface area contributed by atoms with Crippen LogP contribution in [0.5, 0.6) is 0 Å². The highest BCUT2D eigenvalue weighted by Crippen LogP contribution is 2.27. The summed E-state index contributed by atoms with van der Waals surface area (Å²) in [7, 11) is 0. The Bertz CT molecular complexity index is 650. The van der Waals surface area contributed by atoms with Gasteiger partial charge in [0.2, 0.25) is 0 Å². The molecule has 1 aliphatic rings. The number of unbranched alkanes of at least 4 members (excludes halogenated alkanes) is 1. The van der Waals surface area contributed by atoms with Gasteiger partial charge in [-0.2, -0.15) is 0 Å². The predicted molar refractivity (Wildman–Crippen MR) is 104 cm³/mol. The number of likely N-dealkylation sites (tertiary alicyclic amines) is 1. The van der Waals surface area contributed by atoms with Crippen LogP contribution in [0.15, 0.2) is 46.5 Å². The standard InChI is InChI=1S/C20H31N5O/c1-3-4-9-22-20(23-10-7-18-6-5-14-26-18)24-12-8-17(2)19(15-24)25-13-11-21-16-25/h5-6,11,13-14,16-17,19H,3-4,7-10,12,15H2,1-2H3,(H,22,23). The van der Waals surface area contributed by atoms with Gasteiger partial charge < -0.3 is 19.2 Å². The molecule has 1 saturated heterocycles. The maximum Gasteiger partial charge on any atom is 0.194 e. The Labute approximate surface area is 156 Å². The number of hydrogen-bond acceptors (Lipinski definition) is 3. The Balaban J connectivity index is 1.63. The summed E-state index contributed by atoms with van der Waals surface area (Å²) in [5.74, 6) is 2.68. The van der Waals surface area contributed by atoms with Crippen LogP contribution >= 0.6 is 0 Å². The third-order valence-electron chi connectivity index (χ3n) is 5.13. The van der Waals surface area contributed by atoms with Crippen molar-refractivity contribution < 1.29 is 4.42 Å². The molecule has 0 aromatic carbocycles. The molecule has 0 radical (unpaired) electrons. The number of guanidine groups is 1. The van der Waals surface area contributed by atoms with Crippen molar-refractivity contribution in [3.8, 4) is 0 Å². The first kappa shape index (κ1) is 18.5. The molecule has 2 unspecified atom stereocenters. The van der Waals surface area contributed by atoms with Gasteiger partial charge in [0.15, 0.2) is 5.96 Å². The lowest BCUT2D eigenvalue weighted by atomic mass is 9.93. The van der Waals surface area contributed by atoms with Crippen LogP contribution in [0.2, 0.25) is 0 Å². The normalized spacial score (nSPS) is 21.2. The molecule has 0 aliphatic carbocycles. The van der Waals surface area contributed by atoms with E-state index in [1.807, 2.05) is 24.7 Å². The predicted octanol–water partition coefficient (Wildman–Crippen LogP) is 3.35. The zero-order valence-corrected chi connectivity index (χ0v) is 16.0. The molecule has 1 N–H and O–H groups in total. The van der Waals surface area contributed by atoms with Crippen LogP contribution in [-0.4, -0.2) is 46.6 Å². The van der Waals surface area contributed by atoms with Gasteiger partial charge >= 0.3 is 0 Å². The summed E-state index contributed by atoms with van der Waals surface area (Å²) in [4.78, 5) is 11.5. The van der Waals surface area contributed by atoms with Gasteiger partial charge in [-0.1, -0.05) is 20.3 Å². The molecule has 142 valence electrons. The molecule has 2 aromatic heterocycles. The van der Waals surface area contributed by atoms with E-state index >= 15 is 0 Å². The lowest BCUT2D eigenvalue weighted by Gasteiger charge is -2.39. The van der Waals surface area contributed by atoms with E-state index in [1.165, 1.54) is 0 Å². The Hall–Kier alpha value is -2.24. The minimum absolute atomic E-state index is 0.439. The van der Waals surface area contributed by atoms with Crippen molar-refractivity contribution in [1.82, 2.24) is 19.8 Å². The molecule has 2 aromatic rings. The van der Waals surface area contributed by atoms with Gasteiger partial charge in [0.1, 0.15) is 5.76 Å². The molecule has 3 heterocycles. The van der Waals surface area contributed by atoms with E-state index in [0.717, 1.165) is 63.6 Å². The summed E-state index contributed by atoms with van der Waals surface area (Å²) in [6.07, 6.45) is 11.9. The van der Waals surface area contributed by atoms with Crippen LogP contribution < -0.4 is 5.32 Å². The number of aliphatic imine (C=N–C) groups is 1. The van der Waals surface area contributed by atoms with E-state index in [4.69, 9.17) is 9.41 Å². The highest BCUT2D eigenvalue weighted by molar-refractivity contribution is 5.80. The van der Waals surface area contributed by atoms with Gasteiger partial charge in [0, 0.05) is 45.0 Å². The number of nitrogens with one attached hydrogen (secondary N) is 1. The van der Waals surface area contributed by atoms with E-state index in [9.17, 15) is 0 Å². The quantitative estimate of drug-likeness (QED) is 0.469. The Morgan fingerprint density at radius 3 is 3.12 bits per heavy atom. The smallest absolute Gasteiger partial charge is 0.194 e. The van der Waals surface area contributed by atoms with Crippen molar-refractivity contribution in [3.05, 3.63) is 42.9 Å². The SMILES string of the molecule is CCCCN=C(NCCc1ccco1)N1CCC(C)C(n2ccnc2)C1. The second-order valence-corrected chi connectivity index (χ2v) is 7.10. The largest absolute Gasteiger partial charge is 0.469 e. The van der Waals surface area contributed by atoms with Crippen LogP contribution in [-0.2, 0) is 6.42 Å². The van der Waals surface area contributed by atoms with Crippen molar-refractivity contribution in [3.63, 3.8) is 0 Å². The van der Waals surface area contributed by atoms with Crippen molar-refractivity contribution in [2.45, 2.75) is 45.6 Å². The molecule has 1 fully saturated rings. The fourth-order valence-electron chi connectivity index (χ4n) is 3.46. The zero-order valence-electron chi connectivity index (χ0n) is 16.0. The number of imidazole rings is 1. The lowest BCUT2D eigenvalue weighted by Crippen LogP contribution is -2.49. The first-order valence-electron chi connectivity index (χ1n) is 9.81. The van der Waals surface area contributed by atoms with Gasteiger partial charge in [-0.15, -0.1) is 0 Å². The van der Waals surface area contributed by atoms with Gasteiger partial charge in [0.25, 0.3) is 0 Å². The third kappa shape index (κ3) is 4.90. The van der Waals surface area contributed by atoms with Gasteiger partial charge in [-0.3, -0.25) is 4.99 Å². The third-order valence-corrected chi connectivity index (χ3v) is 5.13. The topological polar surface area (TPSA) is 58.6 Å². The van der Waals surface area contributed by atoms with E-state index in [-0.39, 0.29) is 0 Å². The Morgan fingerprint density at radius 1 is 1.46 bits per heavy atom. The second-order valence-electron chi connectivity index (χ2n) is 7.10. The number of furan rings is 1. The van der Waals surface area contributed by atoms with E-state index in [0.29, 0.717) is 12.0 Å². The average molecular weight is 358 g/mol. The number of rotatable bonds is 7. The first-order chi connectivity index (χ1) is 12.8. The Kier molecular flexibility index (Phi) is 6.75.